The Balaban J connectivity index is 1.65. The number of ether oxygens (including phenoxy) is 1. The molecule has 2 atom stereocenters. The first-order chi connectivity index (χ1) is 12.4. The highest BCUT2D eigenvalue weighted by molar-refractivity contribution is 9.10. The van der Waals surface area contributed by atoms with Crippen molar-refractivity contribution in [1.29, 1.82) is 0 Å². The molecule has 2 amide bonds. The second kappa shape index (κ2) is 8.47. The van der Waals surface area contributed by atoms with Gasteiger partial charge < -0.3 is 20.3 Å². The zero-order valence-electron chi connectivity index (χ0n) is 15.2. The lowest BCUT2D eigenvalue weighted by atomic mass is 10.3. The van der Waals surface area contributed by atoms with Crippen molar-refractivity contribution in [3.05, 3.63) is 16.7 Å². The molecule has 9 heteroatoms. The summed E-state index contributed by atoms with van der Waals surface area (Å²) in [6.45, 7) is 7.25. The van der Waals surface area contributed by atoms with Crippen molar-refractivity contribution < 1.29 is 9.53 Å². The van der Waals surface area contributed by atoms with Crippen molar-refractivity contribution >= 4 is 44.7 Å². The van der Waals surface area contributed by atoms with Crippen molar-refractivity contribution in [2.75, 3.05) is 24.2 Å². The fourth-order valence-electron chi connectivity index (χ4n) is 2.77. The van der Waals surface area contributed by atoms with Gasteiger partial charge in [0.2, 0.25) is 0 Å². The molecule has 0 radical (unpaired) electrons. The highest BCUT2D eigenvalue weighted by Gasteiger charge is 2.29. The van der Waals surface area contributed by atoms with Crippen molar-refractivity contribution in [2.24, 2.45) is 4.99 Å². The van der Waals surface area contributed by atoms with Crippen molar-refractivity contribution in [1.82, 2.24) is 15.2 Å². The van der Waals surface area contributed by atoms with Crippen LogP contribution in [-0.2, 0) is 0 Å². The van der Waals surface area contributed by atoms with Crippen LogP contribution in [0.1, 0.15) is 27.2 Å². The van der Waals surface area contributed by atoms with Gasteiger partial charge in [-0.15, -0.1) is 0 Å². The molecule has 0 aliphatic carbocycles. The van der Waals surface area contributed by atoms with E-state index in [9.17, 15) is 4.79 Å². The maximum Gasteiger partial charge on any atom is 0.317 e. The molecule has 3 rings (SSSR count). The summed E-state index contributed by atoms with van der Waals surface area (Å²) < 4.78 is 7.02. The van der Waals surface area contributed by atoms with E-state index in [0.717, 1.165) is 21.8 Å². The molecule has 142 valence electrons. The fraction of sp³-hybridized carbons (Fsp3) is 0.588. The Kier molecular flexibility index (Phi) is 6.29. The van der Waals surface area contributed by atoms with E-state index in [1.165, 1.54) is 0 Å². The van der Waals surface area contributed by atoms with Crippen LogP contribution >= 0.6 is 27.7 Å². The van der Waals surface area contributed by atoms with Crippen LogP contribution in [0.25, 0.3) is 0 Å². The molecule has 7 nitrogen and oxygen atoms in total. The predicted molar refractivity (Wildman–Crippen MR) is 109 cm³/mol. The van der Waals surface area contributed by atoms with Gasteiger partial charge in [0.05, 0.1) is 12.6 Å². The molecule has 3 heterocycles. The SMILES string of the molecule is CC1CSC(Nc2ncc(Br)cc2OC2CCN(C(=O)NC(C)C)C2)=N1. The van der Waals surface area contributed by atoms with Crippen LogP contribution in [0.4, 0.5) is 10.6 Å². The standard InChI is InChI=1S/C17H24BrN5O2S/c1-10(2)20-17(24)23-5-4-13(8-23)25-14-6-12(18)7-19-15(14)22-16-21-11(3)9-26-16/h6-7,10-11,13H,4-5,8-9H2,1-3H3,(H,20,24)(H,19,21,22). The fourth-order valence-corrected chi connectivity index (χ4v) is 3.98. The smallest absolute Gasteiger partial charge is 0.317 e. The summed E-state index contributed by atoms with van der Waals surface area (Å²) in [5.74, 6) is 2.29. The van der Waals surface area contributed by atoms with E-state index >= 15 is 0 Å². The zero-order valence-corrected chi connectivity index (χ0v) is 17.6. The van der Waals surface area contributed by atoms with Gasteiger partial charge in [0, 0.05) is 35.4 Å². The normalized spacial score (nSPS) is 22.5. The Hall–Kier alpha value is -1.48. The molecule has 1 aromatic rings. The van der Waals surface area contributed by atoms with Gasteiger partial charge in [-0.2, -0.15) is 0 Å². The van der Waals surface area contributed by atoms with Crippen molar-refractivity contribution in [3.63, 3.8) is 0 Å². The molecule has 2 N–H and O–H groups in total. The van der Waals surface area contributed by atoms with Gasteiger partial charge in [0.15, 0.2) is 16.7 Å². The van der Waals surface area contributed by atoms with Crippen LogP contribution in [0.2, 0.25) is 0 Å². The number of nitrogens with zero attached hydrogens (tertiary/aromatic N) is 3. The number of hydrogen-bond donors (Lipinski definition) is 2. The average molecular weight is 442 g/mol. The summed E-state index contributed by atoms with van der Waals surface area (Å²) in [6.07, 6.45) is 2.47. The average Bonchev–Trinajstić information content (AvgIpc) is 3.18. The number of aromatic nitrogens is 1. The summed E-state index contributed by atoms with van der Waals surface area (Å²) in [7, 11) is 0. The molecule has 1 aromatic heterocycles. The third-order valence-electron chi connectivity index (χ3n) is 3.98. The van der Waals surface area contributed by atoms with Gasteiger partial charge in [0.25, 0.3) is 0 Å². The van der Waals surface area contributed by atoms with E-state index in [-0.39, 0.29) is 18.2 Å². The highest BCUT2D eigenvalue weighted by atomic mass is 79.9. The molecular weight excluding hydrogens is 418 g/mol. The number of halogens is 1. The molecular formula is C17H24BrN5O2S. The summed E-state index contributed by atoms with van der Waals surface area (Å²) in [5.41, 5.74) is 0. The Morgan fingerprint density at radius 1 is 1.50 bits per heavy atom. The quantitative estimate of drug-likeness (QED) is 0.748. The maximum absolute atomic E-state index is 12.1. The van der Waals surface area contributed by atoms with Crippen LogP contribution in [0.3, 0.4) is 0 Å². The zero-order chi connectivity index (χ0) is 18.7. The lowest BCUT2D eigenvalue weighted by molar-refractivity contribution is 0.185. The number of amides is 2. The lowest BCUT2D eigenvalue weighted by Crippen LogP contribution is -2.42. The first-order valence-corrected chi connectivity index (χ1v) is 10.5. The molecule has 0 aromatic carbocycles. The Labute approximate surface area is 166 Å². The number of nitrogens with one attached hydrogen (secondary N) is 2. The number of thioether (sulfide) groups is 1. The number of rotatable bonds is 4. The summed E-state index contributed by atoms with van der Waals surface area (Å²) in [6, 6.07) is 2.29. The van der Waals surface area contributed by atoms with Gasteiger partial charge in [-0.05, 0) is 42.8 Å². The van der Waals surface area contributed by atoms with E-state index in [1.54, 1.807) is 22.9 Å². The molecule has 2 unspecified atom stereocenters. The maximum atomic E-state index is 12.1. The van der Waals surface area contributed by atoms with E-state index in [1.807, 2.05) is 19.9 Å². The van der Waals surface area contributed by atoms with E-state index < -0.39 is 0 Å². The summed E-state index contributed by atoms with van der Waals surface area (Å²) in [4.78, 5) is 22.9. The summed E-state index contributed by atoms with van der Waals surface area (Å²) in [5, 5.41) is 7.05. The number of hydrogen-bond acceptors (Lipinski definition) is 6. The van der Waals surface area contributed by atoms with Crippen LogP contribution in [0.15, 0.2) is 21.7 Å². The number of pyridine rings is 1. The predicted octanol–water partition coefficient (Wildman–Crippen LogP) is 3.32. The largest absolute Gasteiger partial charge is 0.485 e. The topological polar surface area (TPSA) is 78.9 Å². The van der Waals surface area contributed by atoms with Gasteiger partial charge in [-0.1, -0.05) is 11.8 Å². The molecule has 0 bridgehead atoms. The third kappa shape index (κ3) is 5.03. The number of anilines is 1. The minimum Gasteiger partial charge on any atom is -0.485 e. The van der Waals surface area contributed by atoms with Crippen molar-refractivity contribution in [2.45, 2.75) is 45.4 Å². The first-order valence-electron chi connectivity index (χ1n) is 8.76. The van der Waals surface area contributed by atoms with E-state index in [4.69, 9.17) is 4.74 Å². The molecule has 0 saturated carbocycles. The van der Waals surface area contributed by atoms with Crippen molar-refractivity contribution in [3.8, 4) is 5.75 Å². The van der Waals surface area contributed by atoms with E-state index in [2.05, 4.69) is 43.5 Å². The second-order valence-electron chi connectivity index (χ2n) is 6.80. The van der Waals surface area contributed by atoms with Crippen LogP contribution < -0.4 is 15.4 Å². The monoisotopic (exact) mass is 441 g/mol. The first kappa shape index (κ1) is 19.3. The lowest BCUT2D eigenvalue weighted by Gasteiger charge is -2.20. The van der Waals surface area contributed by atoms with Gasteiger partial charge in [-0.3, -0.25) is 4.99 Å². The number of carbonyl (C=O) groups excluding carboxylic acids is 1. The molecule has 1 saturated heterocycles. The molecule has 26 heavy (non-hydrogen) atoms. The van der Waals surface area contributed by atoms with Gasteiger partial charge >= 0.3 is 6.03 Å². The molecule has 1 fully saturated rings. The van der Waals surface area contributed by atoms with Crippen LogP contribution in [0, 0.1) is 0 Å². The molecule has 2 aliphatic heterocycles. The number of carbonyl (C=O) groups is 1. The third-order valence-corrected chi connectivity index (χ3v) is 5.55. The number of urea groups is 1. The highest BCUT2D eigenvalue weighted by Crippen LogP contribution is 2.30. The minimum atomic E-state index is -0.0540. The second-order valence-corrected chi connectivity index (χ2v) is 8.72. The molecule has 2 aliphatic rings. The number of likely N-dealkylation sites (tertiary alicyclic amines) is 1. The Bertz CT molecular complexity index is 700. The van der Waals surface area contributed by atoms with Crippen LogP contribution in [-0.4, -0.2) is 58.1 Å². The van der Waals surface area contributed by atoms with Gasteiger partial charge in [0.1, 0.15) is 6.10 Å². The van der Waals surface area contributed by atoms with E-state index in [0.29, 0.717) is 30.7 Å². The van der Waals surface area contributed by atoms with Gasteiger partial charge in [-0.25, -0.2) is 9.78 Å². The Morgan fingerprint density at radius 3 is 3.00 bits per heavy atom. The van der Waals surface area contributed by atoms with Crippen LogP contribution in [0.5, 0.6) is 5.75 Å². The minimum absolute atomic E-state index is 0.0393. The number of amidine groups is 1. The number of aliphatic imine (C=N–C) groups is 1. The summed E-state index contributed by atoms with van der Waals surface area (Å²) >= 11 is 5.13. The Morgan fingerprint density at radius 2 is 2.31 bits per heavy atom. The molecule has 0 spiro atoms.